The van der Waals surface area contributed by atoms with Gasteiger partial charge in [-0.25, -0.2) is 4.79 Å². The lowest BCUT2D eigenvalue weighted by Crippen LogP contribution is -2.18. The molecule has 6 nitrogen and oxygen atoms in total. The summed E-state index contributed by atoms with van der Waals surface area (Å²) in [5.74, 6) is 1.95. The van der Waals surface area contributed by atoms with Gasteiger partial charge in [-0.05, 0) is 6.07 Å². The third kappa shape index (κ3) is 1.61. The molecule has 0 bridgehead atoms. The van der Waals surface area contributed by atoms with Gasteiger partial charge < -0.3 is 24.3 Å². The minimum absolute atomic E-state index is 0.204. The topological polar surface area (TPSA) is 66.0 Å². The molecule has 2 aliphatic heterocycles. The van der Waals surface area contributed by atoms with E-state index in [4.69, 9.17) is 18.9 Å². The minimum atomic E-state index is -0.422. The molecule has 0 aliphatic carbocycles. The van der Waals surface area contributed by atoms with E-state index in [1.165, 1.54) is 0 Å². The third-order valence-electron chi connectivity index (χ3n) is 2.77. The molecule has 1 N–H and O–H groups in total. The number of cyclic esters (lactones) is 1. The molecule has 3 rings (SSSR count). The van der Waals surface area contributed by atoms with Gasteiger partial charge in [0, 0.05) is 11.6 Å². The fourth-order valence-electron chi connectivity index (χ4n) is 1.94. The second kappa shape index (κ2) is 3.73. The number of fused-ring (bicyclic) bond motifs is 1. The molecule has 0 aromatic heterocycles. The molecule has 90 valence electrons. The number of nitrogens with one attached hydrogen (secondary N) is 1. The average molecular weight is 237 g/mol. The number of hydrogen-bond acceptors (Lipinski definition) is 5. The highest BCUT2D eigenvalue weighted by molar-refractivity contribution is 5.70. The number of hydrogen-bond donors (Lipinski definition) is 1. The fourth-order valence-corrected chi connectivity index (χ4v) is 1.94. The lowest BCUT2D eigenvalue weighted by Gasteiger charge is -2.13. The maximum atomic E-state index is 11.0. The quantitative estimate of drug-likeness (QED) is 0.837. The molecule has 0 radical (unpaired) electrons. The van der Waals surface area contributed by atoms with E-state index in [9.17, 15) is 4.79 Å². The van der Waals surface area contributed by atoms with E-state index in [1.807, 2.05) is 0 Å². The first kappa shape index (κ1) is 10.1. The number of alkyl carbamates (subject to hydrolysis) is 1. The fraction of sp³-hybridized carbons (Fsp3) is 0.364. The van der Waals surface area contributed by atoms with Crippen LogP contribution in [0.15, 0.2) is 12.1 Å². The van der Waals surface area contributed by atoms with Gasteiger partial charge in [-0.2, -0.15) is 0 Å². The van der Waals surface area contributed by atoms with Crippen molar-refractivity contribution in [1.29, 1.82) is 0 Å². The number of benzene rings is 1. The van der Waals surface area contributed by atoms with Crippen molar-refractivity contribution in [3.63, 3.8) is 0 Å². The van der Waals surface area contributed by atoms with Crippen LogP contribution in [-0.2, 0) is 4.74 Å². The monoisotopic (exact) mass is 237 g/mol. The number of carbonyl (C=O) groups is 1. The Balaban J connectivity index is 2.00. The molecule has 1 fully saturated rings. The molecule has 2 aliphatic rings. The van der Waals surface area contributed by atoms with E-state index in [2.05, 4.69) is 5.32 Å². The third-order valence-corrected chi connectivity index (χ3v) is 2.77. The summed E-state index contributed by atoms with van der Waals surface area (Å²) in [5.41, 5.74) is 0.822. The molecule has 0 saturated carbocycles. The van der Waals surface area contributed by atoms with Crippen molar-refractivity contribution in [2.24, 2.45) is 0 Å². The maximum absolute atomic E-state index is 11.0. The molecule has 1 aromatic rings. The van der Waals surface area contributed by atoms with Crippen LogP contribution in [0.1, 0.15) is 11.6 Å². The Morgan fingerprint density at radius 3 is 2.71 bits per heavy atom. The largest absolute Gasteiger partial charge is 0.496 e. The lowest BCUT2D eigenvalue weighted by molar-refractivity contribution is 0.174. The second-order valence-electron chi connectivity index (χ2n) is 3.74. The van der Waals surface area contributed by atoms with Crippen molar-refractivity contribution in [3.05, 3.63) is 17.7 Å². The van der Waals surface area contributed by atoms with E-state index in [0.717, 1.165) is 5.56 Å². The van der Waals surface area contributed by atoms with Crippen molar-refractivity contribution in [1.82, 2.24) is 5.32 Å². The van der Waals surface area contributed by atoms with Crippen LogP contribution in [0, 0.1) is 0 Å². The SMILES string of the molecule is COc1cc2c(cc1C1COC(=O)N1)OCO2. The van der Waals surface area contributed by atoms with Gasteiger partial charge in [-0.1, -0.05) is 0 Å². The van der Waals surface area contributed by atoms with Gasteiger partial charge in [0.25, 0.3) is 0 Å². The maximum Gasteiger partial charge on any atom is 0.407 e. The molecule has 1 unspecified atom stereocenters. The van der Waals surface area contributed by atoms with Crippen LogP contribution in [0.4, 0.5) is 4.79 Å². The molecule has 1 amide bonds. The van der Waals surface area contributed by atoms with Gasteiger partial charge >= 0.3 is 6.09 Å². The summed E-state index contributed by atoms with van der Waals surface area (Å²) in [6.07, 6.45) is -0.422. The van der Waals surface area contributed by atoms with Gasteiger partial charge in [0.1, 0.15) is 12.4 Å². The highest BCUT2D eigenvalue weighted by Crippen LogP contribution is 2.40. The minimum Gasteiger partial charge on any atom is -0.496 e. The zero-order chi connectivity index (χ0) is 11.8. The highest BCUT2D eigenvalue weighted by atomic mass is 16.7. The number of amides is 1. The van der Waals surface area contributed by atoms with E-state index in [1.54, 1.807) is 19.2 Å². The Hall–Kier alpha value is -2.11. The molecular formula is C11H11NO5. The number of carbonyl (C=O) groups excluding carboxylic acids is 1. The van der Waals surface area contributed by atoms with Gasteiger partial charge in [-0.3, -0.25) is 0 Å². The van der Waals surface area contributed by atoms with Crippen LogP contribution in [0.3, 0.4) is 0 Å². The van der Waals surface area contributed by atoms with Gasteiger partial charge in [-0.15, -0.1) is 0 Å². The first-order valence-corrected chi connectivity index (χ1v) is 5.19. The highest BCUT2D eigenvalue weighted by Gasteiger charge is 2.29. The normalized spacial score (nSPS) is 21.0. The van der Waals surface area contributed by atoms with Crippen LogP contribution < -0.4 is 19.5 Å². The van der Waals surface area contributed by atoms with Crippen LogP contribution in [0.2, 0.25) is 0 Å². The smallest absolute Gasteiger partial charge is 0.407 e. The molecule has 2 heterocycles. The van der Waals surface area contributed by atoms with Crippen molar-refractivity contribution < 1.29 is 23.7 Å². The zero-order valence-electron chi connectivity index (χ0n) is 9.19. The molecule has 1 saturated heterocycles. The first-order valence-electron chi connectivity index (χ1n) is 5.19. The van der Waals surface area contributed by atoms with Gasteiger partial charge in [0.2, 0.25) is 6.79 Å². The molecule has 1 atom stereocenters. The van der Waals surface area contributed by atoms with Crippen LogP contribution in [0.5, 0.6) is 17.2 Å². The zero-order valence-corrected chi connectivity index (χ0v) is 9.19. The second-order valence-corrected chi connectivity index (χ2v) is 3.74. The Labute approximate surface area is 97.4 Å². The summed E-state index contributed by atoms with van der Waals surface area (Å²) < 4.78 is 20.7. The molecular weight excluding hydrogens is 226 g/mol. The first-order chi connectivity index (χ1) is 8.28. The number of rotatable bonds is 2. The predicted molar refractivity (Wildman–Crippen MR) is 56.3 cm³/mol. The average Bonchev–Trinajstić information content (AvgIpc) is 2.94. The van der Waals surface area contributed by atoms with Crippen LogP contribution >= 0.6 is 0 Å². The van der Waals surface area contributed by atoms with Crippen molar-refractivity contribution >= 4 is 6.09 Å². The molecule has 17 heavy (non-hydrogen) atoms. The number of ether oxygens (including phenoxy) is 4. The lowest BCUT2D eigenvalue weighted by atomic mass is 10.1. The molecule has 6 heteroatoms. The predicted octanol–water partition coefficient (Wildman–Crippen LogP) is 1.20. The number of methoxy groups -OCH3 is 1. The summed E-state index contributed by atoms with van der Waals surface area (Å²) in [4.78, 5) is 11.0. The van der Waals surface area contributed by atoms with E-state index in [-0.39, 0.29) is 19.4 Å². The summed E-state index contributed by atoms with van der Waals surface area (Å²) in [5, 5.41) is 2.70. The van der Waals surface area contributed by atoms with Crippen molar-refractivity contribution in [2.45, 2.75) is 6.04 Å². The summed E-state index contributed by atoms with van der Waals surface area (Å²) in [6.45, 7) is 0.490. The van der Waals surface area contributed by atoms with Gasteiger partial charge in [0.05, 0.1) is 13.2 Å². The summed E-state index contributed by atoms with van der Waals surface area (Å²) >= 11 is 0. The Kier molecular flexibility index (Phi) is 2.21. The van der Waals surface area contributed by atoms with Gasteiger partial charge in [0.15, 0.2) is 11.5 Å². The van der Waals surface area contributed by atoms with E-state index < -0.39 is 6.09 Å². The standard InChI is InChI=1S/C11H11NO5/c1-14-8-3-10-9(16-5-17-10)2-6(8)7-4-15-11(13)12-7/h2-3,7H,4-5H2,1H3,(H,12,13). The molecule has 1 aromatic carbocycles. The van der Waals surface area contributed by atoms with Crippen LogP contribution in [0.25, 0.3) is 0 Å². The Bertz CT molecular complexity index is 473. The van der Waals surface area contributed by atoms with E-state index >= 15 is 0 Å². The Morgan fingerprint density at radius 1 is 1.29 bits per heavy atom. The molecule has 0 spiro atoms. The summed E-state index contributed by atoms with van der Waals surface area (Å²) in [6, 6.07) is 3.34. The van der Waals surface area contributed by atoms with Crippen molar-refractivity contribution in [3.8, 4) is 17.2 Å². The van der Waals surface area contributed by atoms with Crippen molar-refractivity contribution in [2.75, 3.05) is 20.5 Å². The van der Waals surface area contributed by atoms with Crippen LogP contribution in [-0.4, -0.2) is 26.6 Å². The Morgan fingerprint density at radius 2 is 2.06 bits per heavy atom. The summed E-state index contributed by atoms with van der Waals surface area (Å²) in [7, 11) is 1.57. The van der Waals surface area contributed by atoms with E-state index in [0.29, 0.717) is 17.2 Å².